The Labute approximate surface area is 159 Å². The summed E-state index contributed by atoms with van der Waals surface area (Å²) in [5.41, 5.74) is 9.49. The molecule has 0 aliphatic heterocycles. The number of aromatic nitrogens is 1. The molecule has 1 nitrogen and oxygen atoms in total. The molecular weight excluding hydrogens is 314 g/mol. The lowest BCUT2D eigenvalue weighted by Gasteiger charge is -2.33. The van der Waals surface area contributed by atoms with E-state index in [1.807, 2.05) is 0 Å². The van der Waals surface area contributed by atoms with Gasteiger partial charge in [0.1, 0.15) is 7.05 Å². The second-order valence-electron chi connectivity index (χ2n) is 9.48. The molecule has 0 bridgehead atoms. The number of hydrogen-bond acceptors (Lipinski definition) is 0. The molecule has 26 heavy (non-hydrogen) atoms. The molecule has 1 aromatic carbocycles. The predicted octanol–water partition coefficient (Wildman–Crippen LogP) is 5.73. The smallest absolute Gasteiger partial charge is 0.201 e. The van der Waals surface area contributed by atoms with E-state index in [-0.39, 0.29) is 0 Å². The Kier molecular flexibility index (Phi) is 4.67. The van der Waals surface area contributed by atoms with Crippen LogP contribution in [0.2, 0.25) is 0 Å². The van der Waals surface area contributed by atoms with Gasteiger partial charge in [-0.15, -0.1) is 0 Å². The van der Waals surface area contributed by atoms with Crippen LogP contribution in [0.1, 0.15) is 68.2 Å². The minimum Gasteiger partial charge on any atom is -0.201 e. The minimum atomic E-state index is 0.592. The van der Waals surface area contributed by atoms with Gasteiger partial charge in [0.15, 0.2) is 6.20 Å². The van der Waals surface area contributed by atoms with Crippen molar-refractivity contribution in [2.75, 3.05) is 0 Å². The van der Waals surface area contributed by atoms with E-state index in [0.29, 0.717) is 11.3 Å². The first-order valence-electron chi connectivity index (χ1n) is 10.6. The Balaban J connectivity index is 1.66. The second kappa shape index (κ2) is 6.83. The summed E-state index contributed by atoms with van der Waals surface area (Å²) in [6.45, 7) is 6.88. The fraction of sp³-hybridized carbons (Fsp3) is 0.560. The monoisotopic (exact) mass is 348 g/mol. The van der Waals surface area contributed by atoms with Crippen molar-refractivity contribution in [2.45, 2.75) is 72.1 Å². The highest BCUT2D eigenvalue weighted by Crippen LogP contribution is 2.48. The molecule has 0 unspecified atom stereocenters. The Bertz CT molecular complexity index is 809. The van der Waals surface area contributed by atoms with Crippen molar-refractivity contribution >= 4 is 0 Å². The van der Waals surface area contributed by atoms with Crippen LogP contribution in [0.15, 0.2) is 30.5 Å². The first-order valence-corrected chi connectivity index (χ1v) is 10.6. The lowest BCUT2D eigenvalue weighted by atomic mass is 9.72. The Morgan fingerprint density at radius 2 is 1.69 bits per heavy atom. The van der Waals surface area contributed by atoms with Gasteiger partial charge in [0.25, 0.3) is 0 Å². The topological polar surface area (TPSA) is 3.88 Å². The third-order valence-corrected chi connectivity index (χ3v) is 6.71. The molecule has 1 saturated carbocycles. The van der Waals surface area contributed by atoms with E-state index in [9.17, 15) is 0 Å². The summed E-state index contributed by atoms with van der Waals surface area (Å²) < 4.78 is 2.33. The predicted molar refractivity (Wildman–Crippen MR) is 109 cm³/mol. The molecule has 0 amide bonds. The van der Waals surface area contributed by atoms with Gasteiger partial charge in [-0.05, 0) is 79.2 Å². The molecule has 4 rings (SSSR count). The van der Waals surface area contributed by atoms with Gasteiger partial charge < -0.3 is 0 Å². The van der Waals surface area contributed by atoms with E-state index in [1.165, 1.54) is 67.3 Å². The average molecular weight is 349 g/mol. The molecule has 1 aromatic heterocycles. The highest BCUT2D eigenvalue weighted by atomic mass is 14.9. The SMILES string of the molecule is Cc1cc2c(cc1-c1ccc(CC(C)C)c[n+]1C)CC1(CCCCC1)C2. The summed E-state index contributed by atoms with van der Waals surface area (Å²) in [6, 6.07) is 9.67. The molecule has 2 aliphatic carbocycles. The van der Waals surface area contributed by atoms with E-state index < -0.39 is 0 Å². The van der Waals surface area contributed by atoms with Crippen LogP contribution >= 0.6 is 0 Å². The molecule has 0 saturated heterocycles. The highest BCUT2D eigenvalue weighted by molar-refractivity contribution is 5.64. The standard InChI is InChI=1S/C25H34N/c1-18(2)12-20-8-9-24(26(4)17-20)23-14-22-16-25(10-6-5-7-11-25)15-21(22)13-19(23)3/h8-9,13-14,17-18H,5-7,10-12,15-16H2,1-4H3/q+1. The third kappa shape index (κ3) is 3.33. The van der Waals surface area contributed by atoms with Gasteiger partial charge in [0, 0.05) is 17.2 Å². The fourth-order valence-electron chi connectivity index (χ4n) is 5.48. The van der Waals surface area contributed by atoms with E-state index >= 15 is 0 Å². The quantitative estimate of drug-likeness (QED) is 0.623. The third-order valence-electron chi connectivity index (χ3n) is 6.71. The molecule has 0 radical (unpaired) electrons. The average Bonchev–Trinajstić information content (AvgIpc) is 2.91. The number of pyridine rings is 1. The van der Waals surface area contributed by atoms with Gasteiger partial charge in [0.05, 0.1) is 0 Å². The zero-order valence-corrected chi connectivity index (χ0v) is 17.1. The van der Waals surface area contributed by atoms with Crippen LogP contribution in [-0.4, -0.2) is 0 Å². The zero-order valence-electron chi connectivity index (χ0n) is 17.1. The molecule has 1 fully saturated rings. The summed E-state index contributed by atoms with van der Waals surface area (Å²) in [7, 11) is 2.20. The van der Waals surface area contributed by atoms with Crippen LogP contribution in [0.3, 0.4) is 0 Å². The van der Waals surface area contributed by atoms with Crippen molar-refractivity contribution in [1.29, 1.82) is 0 Å². The second-order valence-corrected chi connectivity index (χ2v) is 9.48. The first-order chi connectivity index (χ1) is 12.5. The molecule has 138 valence electrons. The van der Waals surface area contributed by atoms with Crippen molar-refractivity contribution < 1.29 is 4.57 Å². The van der Waals surface area contributed by atoms with Gasteiger partial charge in [-0.25, -0.2) is 4.57 Å². The Morgan fingerprint density at radius 3 is 2.35 bits per heavy atom. The van der Waals surface area contributed by atoms with Gasteiger partial charge in [0.2, 0.25) is 5.69 Å². The van der Waals surface area contributed by atoms with Crippen LogP contribution in [0.5, 0.6) is 0 Å². The number of aryl methyl sites for hydroxylation is 2. The molecule has 1 heterocycles. The van der Waals surface area contributed by atoms with E-state index in [4.69, 9.17) is 0 Å². The summed E-state index contributed by atoms with van der Waals surface area (Å²) in [5.74, 6) is 0.703. The Morgan fingerprint density at radius 1 is 1.00 bits per heavy atom. The molecule has 1 heteroatoms. The molecule has 2 aliphatic rings. The maximum absolute atomic E-state index is 2.52. The molecular formula is C25H34N+. The lowest BCUT2D eigenvalue weighted by molar-refractivity contribution is -0.660. The fourth-order valence-corrected chi connectivity index (χ4v) is 5.48. The van der Waals surface area contributed by atoms with E-state index in [0.717, 1.165) is 6.42 Å². The zero-order chi connectivity index (χ0) is 18.3. The molecule has 0 N–H and O–H groups in total. The van der Waals surface area contributed by atoms with Crippen LogP contribution in [0.25, 0.3) is 11.3 Å². The normalized spacial score (nSPS) is 18.5. The van der Waals surface area contributed by atoms with Crippen molar-refractivity contribution in [3.63, 3.8) is 0 Å². The summed E-state index contributed by atoms with van der Waals surface area (Å²) in [4.78, 5) is 0. The maximum atomic E-state index is 2.52. The molecule has 2 aromatic rings. The van der Waals surface area contributed by atoms with Gasteiger partial charge in [-0.3, -0.25) is 0 Å². The van der Waals surface area contributed by atoms with Gasteiger partial charge in [-0.1, -0.05) is 39.2 Å². The van der Waals surface area contributed by atoms with Gasteiger partial charge >= 0.3 is 0 Å². The summed E-state index contributed by atoms with van der Waals surface area (Å²) >= 11 is 0. The lowest BCUT2D eigenvalue weighted by Crippen LogP contribution is -2.31. The first kappa shape index (κ1) is 17.8. The van der Waals surface area contributed by atoms with Crippen molar-refractivity contribution in [1.82, 2.24) is 0 Å². The van der Waals surface area contributed by atoms with Crippen molar-refractivity contribution in [3.8, 4) is 11.3 Å². The maximum Gasteiger partial charge on any atom is 0.212 e. The molecule has 1 spiro atoms. The number of rotatable bonds is 3. The highest BCUT2D eigenvalue weighted by Gasteiger charge is 2.38. The summed E-state index contributed by atoms with van der Waals surface area (Å²) in [5, 5.41) is 0. The van der Waals surface area contributed by atoms with Crippen molar-refractivity contribution in [3.05, 3.63) is 52.7 Å². The van der Waals surface area contributed by atoms with Crippen LogP contribution in [-0.2, 0) is 26.3 Å². The molecule has 0 atom stereocenters. The minimum absolute atomic E-state index is 0.592. The Hall–Kier alpha value is -1.63. The van der Waals surface area contributed by atoms with Crippen molar-refractivity contribution in [2.24, 2.45) is 18.4 Å². The largest absolute Gasteiger partial charge is 0.212 e. The van der Waals surface area contributed by atoms with Crippen LogP contribution in [0.4, 0.5) is 0 Å². The number of nitrogens with zero attached hydrogens (tertiary/aromatic N) is 1. The summed E-state index contributed by atoms with van der Waals surface area (Å²) in [6.07, 6.45) is 13.3. The number of hydrogen-bond donors (Lipinski definition) is 0. The van der Waals surface area contributed by atoms with Gasteiger partial charge in [-0.2, -0.15) is 0 Å². The number of benzene rings is 1. The number of fused-ring (bicyclic) bond motifs is 1. The van der Waals surface area contributed by atoms with E-state index in [2.05, 4.69) is 62.8 Å². The van der Waals surface area contributed by atoms with E-state index in [1.54, 1.807) is 11.1 Å². The van der Waals surface area contributed by atoms with Crippen LogP contribution < -0.4 is 4.57 Å². The van der Waals surface area contributed by atoms with Crippen LogP contribution in [0, 0.1) is 18.3 Å².